The summed E-state index contributed by atoms with van der Waals surface area (Å²) in [7, 11) is 3.69. The second-order valence-corrected chi connectivity index (χ2v) is 7.27. The number of ether oxygens (including phenoxy) is 2. The van der Waals surface area contributed by atoms with E-state index >= 15 is 0 Å². The minimum Gasteiger partial charge on any atom is -0.493 e. The van der Waals surface area contributed by atoms with E-state index in [2.05, 4.69) is 18.0 Å². The summed E-state index contributed by atoms with van der Waals surface area (Å²) in [6, 6.07) is 4.02. The number of aliphatic hydroxyl groups is 2. The molecule has 5 nitrogen and oxygen atoms in total. The minimum absolute atomic E-state index is 0.00190. The molecule has 23 heavy (non-hydrogen) atoms. The van der Waals surface area contributed by atoms with E-state index in [-0.39, 0.29) is 6.04 Å². The highest BCUT2D eigenvalue weighted by molar-refractivity contribution is 5.64. The molecule has 1 fully saturated rings. The number of hydrogen-bond donors (Lipinski definition) is 2. The van der Waals surface area contributed by atoms with Crippen molar-refractivity contribution in [1.29, 1.82) is 0 Å². The van der Waals surface area contributed by atoms with Crippen molar-refractivity contribution < 1.29 is 19.7 Å². The average molecular weight is 315 g/mol. The first-order chi connectivity index (χ1) is 11.0. The Hall–Kier alpha value is -1.56. The lowest BCUT2D eigenvalue weighted by Crippen LogP contribution is -2.75. The molecule has 122 valence electrons. The number of rotatable bonds is 1. The van der Waals surface area contributed by atoms with Gasteiger partial charge < -0.3 is 19.7 Å². The molecule has 4 unspecified atom stereocenters. The number of likely N-dealkylation sites (N-methyl/N-ethyl adjacent to an activating group) is 1. The van der Waals surface area contributed by atoms with Crippen molar-refractivity contribution in [3.05, 3.63) is 35.4 Å². The van der Waals surface area contributed by atoms with Crippen LogP contribution in [0.25, 0.3) is 0 Å². The topological polar surface area (TPSA) is 62.2 Å². The Labute approximate surface area is 135 Å². The molecule has 2 bridgehead atoms. The normalized spacial score (nSPS) is 43.0. The maximum absolute atomic E-state index is 11.7. The predicted octanol–water partition coefficient (Wildman–Crippen LogP) is 0.616. The van der Waals surface area contributed by atoms with Crippen LogP contribution in [-0.2, 0) is 11.8 Å². The fraction of sp³-hybridized carbons (Fsp3) is 0.556. The van der Waals surface area contributed by atoms with Crippen molar-refractivity contribution in [2.24, 2.45) is 0 Å². The molecular weight excluding hydrogens is 294 g/mol. The van der Waals surface area contributed by atoms with Gasteiger partial charge in [0.1, 0.15) is 17.8 Å². The second-order valence-electron chi connectivity index (χ2n) is 7.27. The van der Waals surface area contributed by atoms with Crippen molar-refractivity contribution in [3.63, 3.8) is 0 Å². The van der Waals surface area contributed by atoms with Crippen LogP contribution in [0.3, 0.4) is 0 Å². The Morgan fingerprint density at radius 2 is 2.22 bits per heavy atom. The molecule has 2 aliphatic carbocycles. The molecular formula is C18H21NO4. The quantitative estimate of drug-likeness (QED) is 0.744. The zero-order chi connectivity index (χ0) is 16.0. The lowest BCUT2D eigenvalue weighted by atomic mass is 9.50. The van der Waals surface area contributed by atoms with E-state index in [9.17, 15) is 10.2 Å². The number of benzene rings is 1. The molecule has 2 heterocycles. The summed E-state index contributed by atoms with van der Waals surface area (Å²) in [5.41, 5.74) is 0.647. The highest BCUT2D eigenvalue weighted by Crippen LogP contribution is 2.63. The third-order valence-corrected chi connectivity index (χ3v) is 6.49. The van der Waals surface area contributed by atoms with Gasteiger partial charge in [-0.05, 0) is 38.1 Å². The van der Waals surface area contributed by atoms with Gasteiger partial charge in [0.25, 0.3) is 0 Å². The standard InChI is InChI=1S/C18H21NO4/c1-19-8-7-17-14-10-3-4-12(22-2)15(14)23-16(17)11(20)5-6-18(17,21)13(19)9-10/h3-6,11,13,16,20-21H,7-9H2,1-2H3/t11-,13?,16?,17?,18?/m0/s1. The highest BCUT2D eigenvalue weighted by atomic mass is 16.5. The molecule has 0 saturated carbocycles. The van der Waals surface area contributed by atoms with Crippen LogP contribution in [0.4, 0.5) is 0 Å². The van der Waals surface area contributed by atoms with Gasteiger partial charge in [0, 0.05) is 11.6 Å². The summed E-state index contributed by atoms with van der Waals surface area (Å²) in [5.74, 6) is 1.39. The van der Waals surface area contributed by atoms with Gasteiger partial charge in [0.15, 0.2) is 11.5 Å². The largest absolute Gasteiger partial charge is 0.493 e. The summed E-state index contributed by atoms with van der Waals surface area (Å²) in [6.07, 6.45) is 3.86. The molecule has 1 aromatic carbocycles. The van der Waals surface area contributed by atoms with Crippen molar-refractivity contribution in [2.45, 2.75) is 42.1 Å². The Bertz CT molecular complexity index is 732. The Balaban J connectivity index is 1.87. The van der Waals surface area contributed by atoms with Gasteiger partial charge in [-0.25, -0.2) is 0 Å². The van der Waals surface area contributed by atoms with Crippen LogP contribution in [0.15, 0.2) is 24.3 Å². The third-order valence-electron chi connectivity index (χ3n) is 6.49. The molecule has 1 aromatic rings. The Morgan fingerprint density at radius 3 is 3.00 bits per heavy atom. The Morgan fingerprint density at radius 1 is 1.39 bits per heavy atom. The molecule has 2 aliphatic heterocycles. The fourth-order valence-corrected chi connectivity index (χ4v) is 5.44. The van der Waals surface area contributed by atoms with Crippen molar-refractivity contribution in [1.82, 2.24) is 4.90 Å². The van der Waals surface area contributed by atoms with Gasteiger partial charge >= 0.3 is 0 Å². The molecule has 0 amide bonds. The number of likely N-dealkylation sites (tertiary alicyclic amines) is 1. The zero-order valence-corrected chi connectivity index (χ0v) is 13.3. The molecule has 0 aromatic heterocycles. The molecule has 5 heteroatoms. The van der Waals surface area contributed by atoms with E-state index in [1.54, 1.807) is 13.2 Å². The van der Waals surface area contributed by atoms with Gasteiger partial charge in [-0.3, -0.25) is 4.90 Å². The van der Waals surface area contributed by atoms with Crippen molar-refractivity contribution in [3.8, 4) is 11.5 Å². The van der Waals surface area contributed by atoms with Crippen LogP contribution >= 0.6 is 0 Å². The number of aliphatic hydroxyl groups excluding tert-OH is 1. The lowest BCUT2D eigenvalue weighted by Gasteiger charge is -2.61. The molecule has 5 atom stereocenters. The summed E-state index contributed by atoms with van der Waals surface area (Å²) in [6.45, 7) is 0.878. The first kappa shape index (κ1) is 13.8. The van der Waals surface area contributed by atoms with Crippen LogP contribution in [0, 0.1) is 0 Å². The fourth-order valence-electron chi connectivity index (χ4n) is 5.44. The van der Waals surface area contributed by atoms with Gasteiger partial charge in [0.05, 0.1) is 12.5 Å². The van der Waals surface area contributed by atoms with E-state index in [1.807, 2.05) is 12.1 Å². The lowest BCUT2D eigenvalue weighted by molar-refractivity contribution is -0.151. The van der Waals surface area contributed by atoms with Gasteiger partial charge in [-0.2, -0.15) is 0 Å². The number of nitrogens with zero attached hydrogens (tertiary/aromatic N) is 1. The van der Waals surface area contributed by atoms with Crippen LogP contribution in [0.5, 0.6) is 11.5 Å². The van der Waals surface area contributed by atoms with E-state index < -0.39 is 23.2 Å². The van der Waals surface area contributed by atoms with Crippen LogP contribution in [-0.4, -0.2) is 59.7 Å². The maximum atomic E-state index is 11.7. The van der Waals surface area contributed by atoms with Gasteiger partial charge in [-0.15, -0.1) is 0 Å². The van der Waals surface area contributed by atoms with Crippen LogP contribution < -0.4 is 9.47 Å². The molecule has 1 spiro atoms. The first-order valence-electron chi connectivity index (χ1n) is 8.20. The van der Waals surface area contributed by atoms with E-state index in [0.29, 0.717) is 11.5 Å². The zero-order valence-electron chi connectivity index (χ0n) is 13.3. The summed E-state index contributed by atoms with van der Waals surface area (Å²) < 4.78 is 11.7. The van der Waals surface area contributed by atoms with E-state index in [4.69, 9.17) is 9.47 Å². The first-order valence-corrected chi connectivity index (χ1v) is 8.20. The number of hydrogen-bond acceptors (Lipinski definition) is 5. The molecule has 2 N–H and O–H groups in total. The van der Waals surface area contributed by atoms with Crippen molar-refractivity contribution >= 4 is 0 Å². The SMILES string of the molecule is COc1ccc2c3c1OC1[C@@H](O)C=CC4(O)C(C2)N(C)CCC314. The molecule has 1 saturated heterocycles. The summed E-state index contributed by atoms with van der Waals surface area (Å²) in [5, 5.41) is 22.3. The Kier molecular flexibility index (Phi) is 2.46. The molecule has 0 radical (unpaired) electrons. The number of methoxy groups -OCH3 is 1. The summed E-state index contributed by atoms with van der Waals surface area (Å²) in [4.78, 5) is 2.23. The van der Waals surface area contributed by atoms with E-state index in [0.717, 1.165) is 24.9 Å². The maximum Gasteiger partial charge on any atom is 0.166 e. The highest BCUT2D eigenvalue weighted by Gasteiger charge is 2.71. The third kappa shape index (κ3) is 1.32. The average Bonchev–Trinajstić information content (AvgIpc) is 2.90. The monoisotopic (exact) mass is 315 g/mol. The predicted molar refractivity (Wildman–Crippen MR) is 83.9 cm³/mol. The van der Waals surface area contributed by atoms with E-state index in [1.165, 1.54) is 5.56 Å². The minimum atomic E-state index is -1.02. The second kappa shape index (κ2) is 4.09. The van der Waals surface area contributed by atoms with Gasteiger partial charge in [-0.1, -0.05) is 18.2 Å². The van der Waals surface area contributed by atoms with Crippen LogP contribution in [0.2, 0.25) is 0 Å². The van der Waals surface area contributed by atoms with Gasteiger partial charge in [0.2, 0.25) is 0 Å². The number of piperidine rings is 1. The smallest absolute Gasteiger partial charge is 0.166 e. The van der Waals surface area contributed by atoms with Crippen molar-refractivity contribution in [2.75, 3.05) is 20.7 Å². The molecule has 5 rings (SSSR count). The van der Waals surface area contributed by atoms with Crippen LogP contribution in [0.1, 0.15) is 17.5 Å². The summed E-state index contributed by atoms with van der Waals surface area (Å²) >= 11 is 0. The molecule has 4 aliphatic rings.